The van der Waals surface area contributed by atoms with Gasteiger partial charge in [0, 0.05) is 36.9 Å². The molecule has 0 saturated heterocycles. The van der Waals surface area contributed by atoms with Crippen molar-refractivity contribution in [2.75, 3.05) is 25.6 Å². The highest BCUT2D eigenvalue weighted by molar-refractivity contribution is 7.90. The summed E-state index contributed by atoms with van der Waals surface area (Å²) in [7, 11) is -0.589. The van der Waals surface area contributed by atoms with Crippen LogP contribution >= 0.6 is 11.6 Å². The lowest BCUT2D eigenvalue weighted by Crippen LogP contribution is -2.43. The second kappa shape index (κ2) is 9.96. The standard InChI is InChI=1S/C20H21ClN4O4S2/c1-5-29-20(26)15(12-22)19(25-8-6-14(7-9-25)24(3)4)23-31(27,28)18-10-13(2)16(21)11-17(18)30/h6-11H,5H2,1-4H3,(H-,23,26,30). The average Bonchev–Trinajstić information content (AvgIpc) is 2.70. The number of nitriles is 1. The predicted octanol–water partition coefficient (Wildman–Crippen LogP) is 2.14. The molecule has 8 nitrogen and oxygen atoms in total. The van der Waals surface area contributed by atoms with Gasteiger partial charge in [0.1, 0.15) is 6.07 Å². The van der Waals surface area contributed by atoms with Gasteiger partial charge in [0.2, 0.25) is 5.57 Å². The fraction of sp³-hybridized carbons (Fsp3) is 0.250. The number of anilines is 1. The summed E-state index contributed by atoms with van der Waals surface area (Å²) in [4.78, 5) is 14.0. The van der Waals surface area contributed by atoms with Crippen molar-refractivity contribution in [2.45, 2.75) is 23.6 Å². The SMILES string of the molecule is CCOC(=O)/C(C#N)=C(/NS(=O)(=O)c1cc(C)c(Cl)cc1[S-])[n+]1ccc(N(C)C)cc1. The van der Waals surface area contributed by atoms with Crippen LogP contribution in [0.2, 0.25) is 5.02 Å². The zero-order chi connectivity index (χ0) is 23.3. The molecule has 1 N–H and O–H groups in total. The third kappa shape index (κ3) is 5.64. The molecule has 31 heavy (non-hydrogen) atoms. The summed E-state index contributed by atoms with van der Waals surface area (Å²) in [5.41, 5.74) is 0.828. The highest BCUT2D eigenvalue weighted by Gasteiger charge is 2.31. The Balaban J connectivity index is 2.67. The number of hydrogen-bond donors (Lipinski definition) is 1. The highest BCUT2D eigenvalue weighted by atomic mass is 35.5. The molecule has 164 valence electrons. The van der Waals surface area contributed by atoms with Gasteiger partial charge in [-0.1, -0.05) is 17.7 Å². The molecular formula is C20H21ClN4O4S2. The molecule has 0 unspecified atom stereocenters. The summed E-state index contributed by atoms with van der Waals surface area (Å²) in [6.45, 7) is 3.23. The minimum Gasteiger partial charge on any atom is -0.778 e. The molecule has 1 aromatic heterocycles. The molecule has 0 bridgehead atoms. The smallest absolute Gasteiger partial charge is 0.357 e. The van der Waals surface area contributed by atoms with Gasteiger partial charge < -0.3 is 22.3 Å². The van der Waals surface area contributed by atoms with E-state index in [-0.39, 0.29) is 22.2 Å². The van der Waals surface area contributed by atoms with Crippen molar-refractivity contribution < 1.29 is 22.5 Å². The molecule has 2 rings (SSSR count). The Labute approximate surface area is 192 Å². The van der Waals surface area contributed by atoms with E-state index in [0.717, 1.165) is 5.69 Å². The monoisotopic (exact) mass is 480 g/mol. The Morgan fingerprint density at radius 2 is 1.94 bits per heavy atom. The van der Waals surface area contributed by atoms with Crippen LogP contribution in [-0.4, -0.2) is 35.1 Å². The average molecular weight is 481 g/mol. The van der Waals surface area contributed by atoms with Crippen molar-refractivity contribution in [1.29, 1.82) is 5.26 Å². The van der Waals surface area contributed by atoms with Crippen LogP contribution in [0.1, 0.15) is 12.5 Å². The van der Waals surface area contributed by atoms with E-state index < -0.39 is 21.6 Å². The molecule has 0 aliphatic rings. The molecule has 0 amide bonds. The largest absolute Gasteiger partial charge is 0.778 e. The maximum Gasteiger partial charge on any atom is 0.357 e. The maximum absolute atomic E-state index is 13.1. The van der Waals surface area contributed by atoms with Gasteiger partial charge >= 0.3 is 21.8 Å². The predicted molar refractivity (Wildman–Crippen MR) is 119 cm³/mol. The van der Waals surface area contributed by atoms with Gasteiger partial charge in [-0.15, -0.1) is 0 Å². The molecule has 1 heterocycles. The lowest BCUT2D eigenvalue weighted by atomic mass is 10.2. The molecule has 11 heteroatoms. The minimum absolute atomic E-state index is 0.00467. The first-order chi connectivity index (χ1) is 14.5. The zero-order valence-electron chi connectivity index (χ0n) is 17.3. The minimum atomic E-state index is -4.27. The van der Waals surface area contributed by atoms with E-state index in [1.54, 1.807) is 32.0 Å². The lowest BCUT2D eigenvalue weighted by molar-refractivity contribution is -0.584. The number of pyridine rings is 1. The van der Waals surface area contributed by atoms with Crippen LogP contribution in [0.4, 0.5) is 5.69 Å². The van der Waals surface area contributed by atoms with Gasteiger partial charge in [-0.3, -0.25) is 0 Å². The molecule has 0 saturated carbocycles. The van der Waals surface area contributed by atoms with E-state index in [1.807, 2.05) is 19.0 Å². The van der Waals surface area contributed by atoms with Gasteiger partial charge in [0.15, 0.2) is 0 Å². The van der Waals surface area contributed by atoms with Crippen LogP contribution < -0.4 is 14.2 Å². The van der Waals surface area contributed by atoms with Crippen LogP contribution in [0.15, 0.2) is 52.0 Å². The second-order valence-electron chi connectivity index (χ2n) is 6.57. The topological polar surface area (TPSA) is 103 Å². The maximum atomic E-state index is 13.1. The number of carbonyl (C=O) groups is 1. The van der Waals surface area contributed by atoms with E-state index in [9.17, 15) is 18.5 Å². The summed E-state index contributed by atoms with van der Waals surface area (Å²) in [5.74, 6) is -1.24. The van der Waals surface area contributed by atoms with Crippen LogP contribution in [0.25, 0.3) is 5.82 Å². The molecule has 0 atom stereocenters. The fourth-order valence-electron chi connectivity index (χ4n) is 2.53. The van der Waals surface area contributed by atoms with Gasteiger partial charge in [-0.2, -0.15) is 23.3 Å². The van der Waals surface area contributed by atoms with Crippen molar-refractivity contribution in [1.82, 2.24) is 4.72 Å². The van der Waals surface area contributed by atoms with Crippen LogP contribution in [-0.2, 0) is 32.2 Å². The van der Waals surface area contributed by atoms with Crippen LogP contribution in [0.3, 0.4) is 0 Å². The number of hydrogen-bond acceptors (Lipinski definition) is 7. The number of rotatable bonds is 7. The quantitative estimate of drug-likeness (QED) is 0.213. The van der Waals surface area contributed by atoms with Gasteiger partial charge in [-0.25, -0.2) is 9.36 Å². The summed E-state index contributed by atoms with van der Waals surface area (Å²) >= 11 is 11.2. The number of aryl methyl sites for hydroxylation is 1. The van der Waals surface area contributed by atoms with Crippen LogP contribution in [0.5, 0.6) is 0 Å². The normalized spacial score (nSPS) is 11.9. The highest BCUT2D eigenvalue weighted by Crippen LogP contribution is 2.25. The van der Waals surface area contributed by atoms with Crippen molar-refractivity contribution in [3.05, 3.63) is 52.8 Å². The third-order valence-corrected chi connectivity index (χ3v) is 6.41. The Morgan fingerprint density at radius 3 is 2.45 bits per heavy atom. The van der Waals surface area contributed by atoms with Gasteiger partial charge in [0.05, 0.1) is 23.9 Å². The van der Waals surface area contributed by atoms with Crippen LogP contribution in [0, 0.1) is 18.3 Å². The second-order valence-corrected chi connectivity index (χ2v) is 9.07. The Hall–Kier alpha value is -2.87. The molecule has 1 aromatic carbocycles. The number of halogens is 1. The summed E-state index contributed by atoms with van der Waals surface area (Å²) in [6, 6.07) is 7.81. The fourth-order valence-corrected chi connectivity index (χ4v) is 4.49. The number of carbonyl (C=O) groups excluding carboxylic acids is 1. The lowest BCUT2D eigenvalue weighted by Gasteiger charge is -2.16. The molecule has 0 aliphatic heterocycles. The van der Waals surface area contributed by atoms with Crippen molar-refractivity contribution in [3.8, 4) is 6.07 Å². The molecular weight excluding hydrogens is 460 g/mol. The third-order valence-electron chi connectivity index (χ3n) is 4.16. The number of aromatic nitrogens is 1. The number of benzene rings is 1. The number of ether oxygens (including phenoxy) is 1. The molecule has 0 radical (unpaired) electrons. The Morgan fingerprint density at radius 1 is 1.32 bits per heavy atom. The van der Waals surface area contributed by atoms with E-state index in [0.29, 0.717) is 10.6 Å². The van der Waals surface area contributed by atoms with Crippen molar-refractivity contribution >= 4 is 51.7 Å². The van der Waals surface area contributed by atoms with Gasteiger partial charge in [-0.05, 0) is 25.5 Å². The van der Waals surface area contributed by atoms with E-state index in [2.05, 4.69) is 4.72 Å². The number of nitrogens with zero attached hydrogens (tertiary/aromatic N) is 3. The summed E-state index contributed by atoms with van der Waals surface area (Å²) in [6.07, 6.45) is 3.04. The van der Waals surface area contributed by atoms with E-state index in [4.69, 9.17) is 29.0 Å². The van der Waals surface area contributed by atoms with E-state index in [1.165, 1.54) is 29.1 Å². The van der Waals surface area contributed by atoms with Crippen molar-refractivity contribution in [2.24, 2.45) is 0 Å². The number of nitrogens with one attached hydrogen (secondary N) is 1. The number of sulfonamides is 1. The van der Waals surface area contributed by atoms with Crippen molar-refractivity contribution in [3.63, 3.8) is 0 Å². The first-order valence-electron chi connectivity index (χ1n) is 9.02. The Kier molecular flexibility index (Phi) is 7.84. The molecule has 0 fully saturated rings. The first kappa shape index (κ1) is 24.4. The van der Waals surface area contributed by atoms with Gasteiger partial charge in [0.25, 0.3) is 0 Å². The first-order valence-corrected chi connectivity index (χ1v) is 11.3. The molecule has 0 spiro atoms. The molecule has 0 aliphatic carbocycles. The zero-order valence-corrected chi connectivity index (χ0v) is 19.7. The summed E-state index contributed by atoms with van der Waals surface area (Å²) < 4.78 is 34.8. The Bertz CT molecular complexity index is 1170. The van der Waals surface area contributed by atoms with E-state index >= 15 is 0 Å². The number of esters is 1. The molecule has 2 aromatic rings. The summed E-state index contributed by atoms with van der Waals surface area (Å²) in [5, 5.41) is 9.93.